The van der Waals surface area contributed by atoms with Crippen molar-refractivity contribution in [3.8, 4) is 0 Å². The maximum absolute atomic E-state index is 11.4. The molecule has 0 spiro atoms. The van der Waals surface area contributed by atoms with E-state index in [1.54, 1.807) is 14.0 Å². The van der Waals surface area contributed by atoms with Gasteiger partial charge >= 0.3 is 5.97 Å². The first-order valence-corrected chi connectivity index (χ1v) is 9.66. The summed E-state index contributed by atoms with van der Waals surface area (Å²) in [6.45, 7) is 12.4. The lowest BCUT2D eigenvalue weighted by molar-refractivity contribution is -0.174. The maximum Gasteiger partial charge on any atom is 0.326 e. The Labute approximate surface area is 117 Å². The maximum atomic E-state index is 11.4. The third kappa shape index (κ3) is 3.78. The second-order valence-corrected chi connectivity index (χ2v) is 11.6. The number of likely N-dealkylation sites (N-methyl/N-ethyl adjacent to an activating group) is 1. The molecule has 1 N–H and O–H groups in total. The highest BCUT2D eigenvalue weighted by Crippen LogP contribution is 2.39. The molecule has 1 aliphatic rings. The van der Waals surface area contributed by atoms with Crippen LogP contribution in [0.3, 0.4) is 0 Å². The van der Waals surface area contributed by atoms with Crippen molar-refractivity contribution in [2.24, 2.45) is 0 Å². The first-order valence-electron chi connectivity index (χ1n) is 6.75. The molecule has 0 aromatic heterocycles. The van der Waals surface area contributed by atoms with Crippen molar-refractivity contribution in [1.29, 1.82) is 0 Å². The van der Waals surface area contributed by atoms with Crippen LogP contribution in [0.15, 0.2) is 0 Å². The first kappa shape index (κ1) is 16.6. The summed E-state index contributed by atoms with van der Waals surface area (Å²) in [5.41, 5.74) is 0. The smallest absolute Gasteiger partial charge is 0.326 e. The highest BCUT2D eigenvalue weighted by molar-refractivity contribution is 6.74. The Balaban J connectivity index is 2.88. The molecule has 0 aliphatic carbocycles. The number of hydroxylamine groups is 2. The van der Waals surface area contributed by atoms with Gasteiger partial charge in [0.05, 0.1) is 24.7 Å². The predicted octanol–water partition coefficient (Wildman–Crippen LogP) is 1.92. The lowest BCUT2D eigenvalue weighted by Crippen LogP contribution is -2.53. The number of rotatable bonds is 4. The molecule has 0 radical (unpaired) electrons. The van der Waals surface area contributed by atoms with Gasteiger partial charge < -0.3 is 14.4 Å². The molecule has 6 heteroatoms. The molecular weight excluding hydrogens is 262 g/mol. The van der Waals surface area contributed by atoms with E-state index in [9.17, 15) is 9.90 Å². The normalized spacial score (nSPS) is 25.3. The molecule has 19 heavy (non-hydrogen) atoms. The molecule has 112 valence electrons. The number of aliphatic hydroxyl groups is 1. The Morgan fingerprint density at radius 3 is 2.32 bits per heavy atom. The molecule has 1 aliphatic heterocycles. The van der Waals surface area contributed by atoms with E-state index in [0.717, 1.165) is 0 Å². The third-order valence-electron chi connectivity index (χ3n) is 4.18. The van der Waals surface area contributed by atoms with Gasteiger partial charge in [-0.25, -0.2) is 0 Å². The summed E-state index contributed by atoms with van der Waals surface area (Å²) >= 11 is 0. The Morgan fingerprint density at radius 1 is 1.47 bits per heavy atom. The summed E-state index contributed by atoms with van der Waals surface area (Å²) in [7, 11) is -0.295. The average molecular weight is 289 g/mol. The van der Waals surface area contributed by atoms with Gasteiger partial charge in [0.1, 0.15) is 0 Å². The van der Waals surface area contributed by atoms with Crippen LogP contribution in [-0.4, -0.2) is 49.8 Å². The molecular formula is C13H27NO4Si. The SMILES string of the molecule is C[C@H](O)[C@H](O[Si](C)(C)C(C)(C)C)[C@H]1CC(=O)ON1C. The number of nitrogens with zero attached hydrogens (tertiary/aromatic N) is 1. The fourth-order valence-corrected chi connectivity index (χ4v) is 3.29. The monoisotopic (exact) mass is 289 g/mol. The van der Waals surface area contributed by atoms with Crippen molar-refractivity contribution in [2.45, 2.75) is 70.5 Å². The van der Waals surface area contributed by atoms with E-state index >= 15 is 0 Å². The van der Waals surface area contributed by atoms with Gasteiger partial charge in [0, 0.05) is 7.05 Å². The van der Waals surface area contributed by atoms with E-state index < -0.39 is 20.5 Å². The largest absolute Gasteiger partial charge is 0.410 e. The number of carbonyl (C=O) groups is 1. The van der Waals surface area contributed by atoms with Crippen LogP contribution >= 0.6 is 0 Å². The number of aliphatic hydroxyl groups excluding tert-OH is 1. The van der Waals surface area contributed by atoms with Gasteiger partial charge in [-0.1, -0.05) is 20.8 Å². The minimum Gasteiger partial charge on any atom is -0.410 e. The van der Waals surface area contributed by atoms with Gasteiger partial charge in [-0.2, -0.15) is 0 Å². The van der Waals surface area contributed by atoms with Gasteiger partial charge in [0.25, 0.3) is 0 Å². The lowest BCUT2D eigenvalue weighted by Gasteiger charge is -2.42. The van der Waals surface area contributed by atoms with Crippen LogP contribution in [-0.2, 0) is 14.1 Å². The van der Waals surface area contributed by atoms with Crippen LogP contribution in [0.25, 0.3) is 0 Å². The number of carbonyl (C=O) groups excluding carboxylic acids is 1. The minimum atomic E-state index is -2.00. The Hall–Kier alpha value is -0.433. The Bertz CT molecular complexity index is 338. The second-order valence-electron chi connectivity index (χ2n) is 6.86. The summed E-state index contributed by atoms with van der Waals surface area (Å²) in [5, 5.41) is 11.6. The molecule has 0 aromatic carbocycles. The highest BCUT2D eigenvalue weighted by atomic mass is 28.4. The lowest BCUT2D eigenvalue weighted by atomic mass is 10.0. The summed E-state index contributed by atoms with van der Waals surface area (Å²) in [6, 6.07) is -0.221. The fourth-order valence-electron chi connectivity index (χ4n) is 1.90. The van der Waals surface area contributed by atoms with Crippen LogP contribution in [0, 0.1) is 0 Å². The van der Waals surface area contributed by atoms with Crippen LogP contribution in [0.2, 0.25) is 18.1 Å². The summed E-state index contributed by atoms with van der Waals surface area (Å²) in [5.74, 6) is -0.267. The number of hydrogen-bond acceptors (Lipinski definition) is 5. The van der Waals surface area contributed by atoms with Gasteiger partial charge in [0.15, 0.2) is 8.32 Å². The van der Waals surface area contributed by atoms with Gasteiger partial charge in [0.2, 0.25) is 0 Å². The summed E-state index contributed by atoms with van der Waals surface area (Å²) in [4.78, 5) is 16.4. The van der Waals surface area contributed by atoms with Crippen molar-refractivity contribution in [1.82, 2.24) is 5.06 Å². The Morgan fingerprint density at radius 2 is 2.00 bits per heavy atom. The van der Waals surface area contributed by atoms with Gasteiger partial charge in [-0.15, -0.1) is 5.06 Å². The van der Waals surface area contributed by atoms with Gasteiger partial charge in [-0.05, 0) is 25.1 Å². The Kier molecular flexibility index (Phi) is 4.82. The second kappa shape index (κ2) is 5.52. The van der Waals surface area contributed by atoms with E-state index in [1.807, 2.05) is 0 Å². The van der Waals surface area contributed by atoms with Crippen LogP contribution in [0.5, 0.6) is 0 Å². The molecule has 0 unspecified atom stereocenters. The summed E-state index contributed by atoms with van der Waals surface area (Å²) in [6.07, 6.45) is -0.783. The average Bonchev–Trinajstić information content (AvgIpc) is 2.52. The summed E-state index contributed by atoms with van der Waals surface area (Å²) < 4.78 is 6.28. The minimum absolute atomic E-state index is 0.0577. The highest BCUT2D eigenvalue weighted by Gasteiger charge is 2.45. The topological polar surface area (TPSA) is 59.0 Å². The van der Waals surface area contributed by atoms with E-state index in [0.29, 0.717) is 0 Å². The molecule has 1 rings (SSSR count). The van der Waals surface area contributed by atoms with E-state index in [1.165, 1.54) is 5.06 Å². The molecule has 0 bridgehead atoms. The zero-order valence-electron chi connectivity index (χ0n) is 13.1. The van der Waals surface area contributed by atoms with Crippen molar-refractivity contribution < 1.29 is 19.2 Å². The number of hydrogen-bond donors (Lipinski definition) is 1. The molecule has 1 heterocycles. The first-order chi connectivity index (χ1) is 8.45. The van der Waals surface area contributed by atoms with Gasteiger partial charge in [-0.3, -0.25) is 4.79 Å². The van der Waals surface area contributed by atoms with Crippen molar-refractivity contribution in [2.75, 3.05) is 7.05 Å². The van der Waals surface area contributed by atoms with Crippen molar-refractivity contribution >= 4 is 14.3 Å². The molecule has 0 saturated carbocycles. The molecule has 1 saturated heterocycles. The molecule has 0 aromatic rings. The fraction of sp³-hybridized carbons (Fsp3) is 0.923. The van der Waals surface area contributed by atoms with Crippen molar-refractivity contribution in [3.63, 3.8) is 0 Å². The molecule has 0 amide bonds. The molecule has 5 nitrogen and oxygen atoms in total. The predicted molar refractivity (Wildman–Crippen MR) is 76.0 cm³/mol. The van der Waals surface area contributed by atoms with Crippen LogP contribution in [0.1, 0.15) is 34.1 Å². The molecule has 3 atom stereocenters. The van der Waals surface area contributed by atoms with E-state index in [2.05, 4.69) is 33.9 Å². The van der Waals surface area contributed by atoms with Crippen molar-refractivity contribution in [3.05, 3.63) is 0 Å². The van der Waals surface area contributed by atoms with Crippen LogP contribution < -0.4 is 0 Å². The van der Waals surface area contributed by atoms with E-state index in [-0.39, 0.29) is 23.5 Å². The zero-order chi connectivity index (χ0) is 15.0. The standard InChI is InChI=1S/C13H27NO4Si/c1-9(15)12(10-8-11(16)17-14(10)5)18-19(6,7)13(2,3)4/h9-10,12,15H,8H2,1-7H3/t9-,10+,12-/m0/s1. The molecule has 1 fully saturated rings. The third-order valence-corrected chi connectivity index (χ3v) is 8.65. The quantitative estimate of drug-likeness (QED) is 0.801. The zero-order valence-corrected chi connectivity index (χ0v) is 14.1. The van der Waals surface area contributed by atoms with E-state index in [4.69, 9.17) is 9.26 Å². The van der Waals surface area contributed by atoms with Crippen LogP contribution in [0.4, 0.5) is 0 Å².